The van der Waals surface area contributed by atoms with Gasteiger partial charge in [-0.15, -0.1) is 0 Å². The highest BCUT2D eigenvalue weighted by molar-refractivity contribution is 7.85. The van der Waals surface area contributed by atoms with Crippen molar-refractivity contribution in [3.63, 3.8) is 0 Å². The second-order valence-electron chi connectivity index (χ2n) is 4.62. The fourth-order valence-electron chi connectivity index (χ4n) is 2.26. The monoisotopic (exact) mass is 243 g/mol. The number of hydrogen-bond acceptors (Lipinski definition) is 3. The topological polar surface area (TPSA) is 50.1 Å². The predicted octanol–water partition coefficient (Wildman–Crippen LogP) is 2.10. The molecule has 0 aliphatic heterocycles. The van der Waals surface area contributed by atoms with E-state index in [0.717, 1.165) is 25.7 Å². The van der Waals surface area contributed by atoms with Gasteiger partial charge in [0.25, 0.3) is 0 Å². The number of ether oxygens (including phenoxy) is 1. The van der Waals surface area contributed by atoms with Crippen LogP contribution in [0, 0.1) is 23.2 Å². The average Bonchev–Trinajstić information content (AvgIpc) is 2.29. The van der Waals surface area contributed by atoms with Crippen LogP contribution in [-0.4, -0.2) is 28.9 Å². The molecule has 0 saturated heterocycles. The van der Waals surface area contributed by atoms with Crippen LogP contribution in [-0.2, 0) is 15.5 Å². The minimum atomic E-state index is -0.861. The molecule has 92 valence electrons. The van der Waals surface area contributed by atoms with E-state index in [1.165, 1.54) is 0 Å². The lowest BCUT2D eigenvalue weighted by molar-refractivity contribution is 0.199. The Kier molecular flexibility index (Phi) is 6.00. The summed E-state index contributed by atoms with van der Waals surface area (Å²) in [4.78, 5) is 0. The molecule has 1 aliphatic rings. The fraction of sp³-hybridized carbons (Fsp3) is 0.917. The zero-order chi connectivity index (χ0) is 12.0. The van der Waals surface area contributed by atoms with Crippen molar-refractivity contribution in [3.8, 4) is 6.07 Å². The fourth-order valence-corrected chi connectivity index (χ4v) is 4.08. The zero-order valence-corrected chi connectivity index (χ0v) is 11.0. The molecule has 4 heteroatoms. The molecular formula is C12H21NO2S. The Bertz CT molecular complexity index is 275. The van der Waals surface area contributed by atoms with E-state index in [9.17, 15) is 4.21 Å². The first-order chi connectivity index (χ1) is 7.69. The first-order valence-electron chi connectivity index (χ1n) is 5.94. The summed E-state index contributed by atoms with van der Waals surface area (Å²) < 4.78 is 17.0. The van der Waals surface area contributed by atoms with Crippen LogP contribution in [0.2, 0.25) is 0 Å². The van der Waals surface area contributed by atoms with Crippen molar-refractivity contribution in [1.82, 2.24) is 0 Å². The molecule has 0 radical (unpaired) electrons. The van der Waals surface area contributed by atoms with Crippen LogP contribution < -0.4 is 0 Å². The molecule has 16 heavy (non-hydrogen) atoms. The molecule has 1 aliphatic carbocycles. The first kappa shape index (κ1) is 13.7. The third-order valence-electron chi connectivity index (χ3n) is 3.25. The molecule has 4 unspecified atom stereocenters. The van der Waals surface area contributed by atoms with Crippen LogP contribution in [0.4, 0.5) is 0 Å². The maximum atomic E-state index is 12.1. The molecule has 1 fully saturated rings. The quantitative estimate of drug-likeness (QED) is 0.695. The molecule has 0 aromatic heterocycles. The number of nitrogens with zero attached hydrogens (tertiary/aromatic N) is 1. The molecule has 0 aromatic rings. The van der Waals surface area contributed by atoms with Crippen LogP contribution in [0.1, 0.15) is 32.6 Å². The molecule has 0 spiro atoms. The van der Waals surface area contributed by atoms with Crippen molar-refractivity contribution < 1.29 is 8.95 Å². The van der Waals surface area contributed by atoms with E-state index in [1.807, 2.05) is 0 Å². The van der Waals surface area contributed by atoms with Crippen molar-refractivity contribution >= 4 is 10.8 Å². The second-order valence-corrected chi connectivity index (χ2v) is 6.40. The van der Waals surface area contributed by atoms with Crippen LogP contribution in [0.3, 0.4) is 0 Å². The third kappa shape index (κ3) is 3.88. The van der Waals surface area contributed by atoms with Gasteiger partial charge in [0.2, 0.25) is 0 Å². The summed E-state index contributed by atoms with van der Waals surface area (Å²) in [5.41, 5.74) is 0. The lowest BCUT2D eigenvalue weighted by atomic mass is 9.83. The summed E-state index contributed by atoms with van der Waals surface area (Å²) in [5.74, 6) is 1.28. The smallest absolute Gasteiger partial charge is 0.0668 e. The Morgan fingerprint density at radius 1 is 1.50 bits per heavy atom. The highest BCUT2D eigenvalue weighted by atomic mass is 32.2. The standard InChI is InChI=1S/C12H21NO2S/c1-10-4-5-11(9-13)12(8-10)16(14)7-3-6-15-2/h10-12H,3-8H2,1-2H3. The van der Waals surface area contributed by atoms with Gasteiger partial charge in [-0.25, -0.2) is 0 Å². The van der Waals surface area contributed by atoms with Crippen molar-refractivity contribution in [3.05, 3.63) is 0 Å². The van der Waals surface area contributed by atoms with Crippen LogP contribution >= 0.6 is 0 Å². The summed E-state index contributed by atoms with van der Waals surface area (Å²) in [6, 6.07) is 2.32. The van der Waals surface area contributed by atoms with Gasteiger partial charge in [0.1, 0.15) is 0 Å². The van der Waals surface area contributed by atoms with Crippen molar-refractivity contribution in [1.29, 1.82) is 5.26 Å². The van der Waals surface area contributed by atoms with Crippen LogP contribution in [0.15, 0.2) is 0 Å². The maximum absolute atomic E-state index is 12.1. The number of rotatable bonds is 5. The van der Waals surface area contributed by atoms with E-state index in [0.29, 0.717) is 18.3 Å². The summed E-state index contributed by atoms with van der Waals surface area (Å²) >= 11 is 0. The van der Waals surface area contributed by atoms with Gasteiger partial charge in [0.05, 0.1) is 17.2 Å². The summed E-state index contributed by atoms with van der Waals surface area (Å²) in [6.45, 7) is 2.85. The molecule has 0 amide bonds. The number of hydrogen-bond donors (Lipinski definition) is 0. The van der Waals surface area contributed by atoms with Crippen molar-refractivity contribution in [2.45, 2.75) is 37.9 Å². The molecule has 0 bridgehead atoms. The Hall–Kier alpha value is -0.400. The van der Waals surface area contributed by atoms with Crippen LogP contribution in [0.5, 0.6) is 0 Å². The van der Waals surface area contributed by atoms with E-state index in [1.54, 1.807) is 7.11 Å². The predicted molar refractivity (Wildman–Crippen MR) is 65.4 cm³/mol. The minimum absolute atomic E-state index is 0.000391. The molecule has 0 aromatic carbocycles. The highest BCUT2D eigenvalue weighted by Gasteiger charge is 2.32. The van der Waals surface area contributed by atoms with Gasteiger partial charge in [0.15, 0.2) is 0 Å². The van der Waals surface area contributed by atoms with E-state index in [2.05, 4.69) is 13.0 Å². The lowest BCUT2D eigenvalue weighted by Crippen LogP contribution is -2.32. The minimum Gasteiger partial charge on any atom is -0.385 e. The first-order valence-corrected chi connectivity index (χ1v) is 7.33. The van der Waals surface area contributed by atoms with E-state index < -0.39 is 10.8 Å². The largest absolute Gasteiger partial charge is 0.385 e. The Morgan fingerprint density at radius 3 is 2.88 bits per heavy atom. The summed E-state index contributed by atoms with van der Waals surface area (Å²) in [5, 5.41) is 9.15. The van der Waals surface area contributed by atoms with Gasteiger partial charge in [0, 0.05) is 30.3 Å². The van der Waals surface area contributed by atoms with E-state index in [-0.39, 0.29) is 11.2 Å². The Morgan fingerprint density at radius 2 is 2.25 bits per heavy atom. The molecular weight excluding hydrogens is 222 g/mol. The van der Waals surface area contributed by atoms with Gasteiger partial charge in [-0.3, -0.25) is 4.21 Å². The zero-order valence-electron chi connectivity index (χ0n) is 10.1. The molecule has 1 saturated carbocycles. The van der Waals surface area contributed by atoms with Gasteiger partial charge < -0.3 is 4.74 Å². The lowest BCUT2D eigenvalue weighted by Gasteiger charge is -2.30. The molecule has 3 nitrogen and oxygen atoms in total. The highest BCUT2D eigenvalue weighted by Crippen LogP contribution is 2.31. The second kappa shape index (κ2) is 7.03. The van der Waals surface area contributed by atoms with Crippen molar-refractivity contribution in [2.24, 2.45) is 11.8 Å². The van der Waals surface area contributed by atoms with E-state index >= 15 is 0 Å². The number of methoxy groups -OCH3 is 1. The maximum Gasteiger partial charge on any atom is 0.0668 e. The SMILES string of the molecule is COCCCS(=O)C1CC(C)CCC1C#N. The average molecular weight is 243 g/mol. The van der Waals surface area contributed by atoms with Crippen molar-refractivity contribution in [2.75, 3.05) is 19.5 Å². The van der Waals surface area contributed by atoms with Gasteiger partial charge in [-0.05, 0) is 31.6 Å². The number of nitriles is 1. The van der Waals surface area contributed by atoms with Gasteiger partial charge in [-0.2, -0.15) is 5.26 Å². The molecule has 4 atom stereocenters. The third-order valence-corrected chi connectivity index (χ3v) is 5.14. The van der Waals surface area contributed by atoms with Crippen LogP contribution in [0.25, 0.3) is 0 Å². The van der Waals surface area contributed by atoms with Gasteiger partial charge >= 0.3 is 0 Å². The Labute approximate surface area is 101 Å². The summed E-state index contributed by atoms with van der Waals surface area (Å²) in [7, 11) is 0.795. The van der Waals surface area contributed by atoms with E-state index in [4.69, 9.17) is 10.00 Å². The van der Waals surface area contributed by atoms with Gasteiger partial charge in [-0.1, -0.05) is 6.92 Å². The molecule has 1 rings (SSSR count). The summed E-state index contributed by atoms with van der Waals surface area (Å²) in [6.07, 6.45) is 3.78. The molecule has 0 heterocycles. The molecule has 0 N–H and O–H groups in total. The normalized spacial score (nSPS) is 31.9. The Balaban J connectivity index is 2.47.